The Labute approximate surface area is 120 Å². The number of nitriles is 1. The number of nitrogens with zero attached hydrogens (tertiary/aromatic N) is 2. The summed E-state index contributed by atoms with van der Waals surface area (Å²) in [6.07, 6.45) is 0.148. The number of benzene rings is 1. The molecule has 1 aromatic carbocycles. The molecule has 2 rings (SSSR count). The first-order valence-corrected chi connectivity index (χ1v) is 6.23. The van der Waals surface area contributed by atoms with Crippen molar-refractivity contribution in [2.75, 3.05) is 0 Å². The normalized spacial score (nSPS) is 10.1. The summed E-state index contributed by atoms with van der Waals surface area (Å²) in [4.78, 5) is 4.33. The van der Waals surface area contributed by atoms with Crippen LogP contribution in [0.15, 0.2) is 30.3 Å². The molecule has 0 radical (unpaired) electrons. The molecule has 2 nitrogen and oxygen atoms in total. The molecule has 0 N–H and O–H groups in total. The fraction of sp³-hybridized carbons (Fsp3) is 0.0769. The lowest BCUT2D eigenvalue weighted by Crippen LogP contribution is -1.93. The van der Waals surface area contributed by atoms with Crippen molar-refractivity contribution in [2.45, 2.75) is 6.42 Å². The summed E-state index contributed by atoms with van der Waals surface area (Å²) in [6, 6.07) is 10.7. The maximum Gasteiger partial charge on any atom is 0.0790 e. The Kier molecular flexibility index (Phi) is 4.08. The van der Waals surface area contributed by atoms with E-state index in [9.17, 15) is 0 Å². The van der Waals surface area contributed by atoms with Gasteiger partial charge in [0.05, 0.1) is 38.9 Å². The van der Waals surface area contributed by atoms with Crippen molar-refractivity contribution in [3.63, 3.8) is 0 Å². The minimum atomic E-state index is 0.148. The summed E-state index contributed by atoms with van der Waals surface area (Å²) < 4.78 is 0. The Morgan fingerprint density at radius 1 is 1.00 bits per heavy atom. The van der Waals surface area contributed by atoms with E-state index in [2.05, 4.69) is 4.98 Å². The zero-order valence-electron chi connectivity index (χ0n) is 9.12. The highest BCUT2D eigenvalue weighted by Crippen LogP contribution is 2.34. The topological polar surface area (TPSA) is 36.7 Å². The van der Waals surface area contributed by atoms with Crippen LogP contribution >= 0.6 is 34.8 Å². The number of pyridine rings is 1. The molecule has 0 aliphatic heterocycles. The molecule has 0 fully saturated rings. The summed E-state index contributed by atoms with van der Waals surface area (Å²) in [6.45, 7) is 0. The summed E-state index contributed by atoms with van der Waals surface area (Å²) in [7, 11) is 0. The van der Waals surface area contributed by atoms with Gasteiger partial charge >= 0.3 is 0 Å². The molecule has 0 atom stereocenters. The first-order chi connectivity index (χ1) is 8.63. The van der Waals surface area contributed by atoms with Crippen LogP contribution in [0.3, 0.4) is 0 Å². The Balaban J connectivity index is 2.59. The van der Waals surface area contributed by atoms with E-state index in [1.807, 2.05) is 6.07 Å². The van der Waals surface area contributed by atoms with E-state index >= 15 is 0 Å². The standard InChI is InChI=1S/C13H7Cl3N2/c14-8-4-5-12(18-11(8)6-7-17)13-9(15)2-1-3-10(13)16/h1-5H,6H2. The van der Waals surface area contributed by atoms with Crippen molar-refractivity contribution in [2.24, 2.45) is 0 Å². The van der Waals surface area contributed by atoms with Crippen LogP contribution in [0.25, 0.3) is 11.3 Å². The van der Waals surface area contributed by atoms with Gasteiger partial charge in [-0.15, -0.1) is 0 Å². The van der Waals surface area contributed by atoms with E-state index in [-0.39, 0.29) is 6.42 Å². The quantitative estimate of drug-likeness (QED) is 0.800. The summed E-state index contributed by atoms with van der Waals surface area (Å²) in [5.41, 5.74) is 1.78. The minimum Gasteiger partial charge on any atom is -0.250 e. The average molecular weight is 298 g/mol. The van der Waals surface area contributed by atoms with Crippen molar-refractivity contribution < 1.29 is 0 Å². The number of hydrogen-bond acceptors (Lipinski definition) is 2. The van der Waals surface area contributed by atoms with Gasteiger partial charge in [-0.25, -0.2) is 0 Å². The maximum atomic E-state index is 8.71. The fourth-order valence-electron chi connectivity index (χ4n) is 1.56. The van der Waals surface area contributed by atoms with Crippen LogP contribution in [0, 0.1) is 11.3 Å². The minimum absolute atomic E-state index is 0.148. The highest BCUT2D eigenvalue weighted by molar-refractivity contribution is 6.39. The van der Waals surface area contributed by atoms with E-state index < -0.39 is 0 Å². The molecule has 5 heteroatoms. The van der Waals surface area contributed by atoms with Crippen LogP contribution in [-0.4, -0.2) is 4.98 Å². The molecule has 1 aromatic heterocycles. The first kappa shape index (κ1) is 13.2. The lowest BCUT2D eigenvalue weighted by atomic mass is 10.1. The number of hydrogen-bond donors (Lipinski definition) is 0. The van der Waals surface area contributed by atoms with Gasteiger partial charge in [-0.2, -0.15) is 5.26 Å². The van der Waals surface area contributed by atoms with Crippen LogP contribution in [0.2, 0.25) is 15.1 Å². The van der Waals surface area contributed by atoms with Crippen LogP contribution in [-0.2, 0) is 6.42 Å². The van der Waals surface area contributed by atoms with Crippen molar-refractivity contribution in [3.8, 4) is 17.3 Å². The van der Waals surface area contributed by atoms with Crippen LogP contribution < -0.4 is 0 Å². The molecule has 0 spiro atoms. The molecular formula is C13H7Cl3N2. The second-order valence-electron chi connectivity index (χ2n) is 3.56. The number of rotatable bonds is 2. The molecule has 0 aliphatic rings. The van der Waals surface area contributed by atoms with Gasteiger partial charge in [0, 0.05) is 5.56 Å². The second-order valence-corrected chi connectivity index (χ2v) is 4.78. The van der Waals surface area contributed by atoms with Crippen molar-refractivity contribution in [1.82, 2.24) is 4.98 Å². The Morgan fingerprint density at radius 3 is 2.28 bits per heavy atom. The fourth-order valence-corrected chi connectivity index (χ4v) is 2.33. The third-order valence-corrected chi connectivity index (χ3v) is 3.36. The third-order valence-electron chi connectivity index (χ3n) is 2.38. The van der Waals surface area contributed by atoms with Crippen molar-refractivity contribution in [3.05, 3.63) is 51.1 Å². The van der Waals surface area contributed by atoms with E-state index in [0.717, 1.165) is 0 Å². The molecule has 1 heterocycles. The summed E-state index contributed by atoms with van der Waals surface area (Å²) >= 11 is 18.2. The van der Waals surface area contributed by atoms with Crippen molar-refractivity contribution >= 4 is 34.8 Å². The van der Waals surface area contributed by atoms with E-state index in [1.54, 1.807) is 30.3 Å². The van der Waals surface area contributed by atoms with Gasteiger partial charge in [-0.05, 0) is 24.3 Å². The Morgan fingerprint density at radius 2 is 1.67 bits per heavy atom. The Bertz CT molecular complexity index is 612. The van der Waals surface area contributed by atoms with Gasteiger partial charge in [-0.3, -0.25) is 4.98 Å². The van der Waals surface area contributed by atoms with Gasteiger partial charge in [0.25, 0.3) is 0 Å². The molecule has 0 bridgehead atoms. The molecule has 0 unspecified atom stereocenters. The zero-order chi connectivity index (χ0) is 13.1. The SMILES string of the molecule is N#CCc1nc(-c2c(Cl)cccc2Cl)ccc1Cl. The lowest BCUT2D eigenvalue weighted by molar-refractivity contribution is 1.12. The molecule has 0 aliphatic carbocycles. The average Bonchev–Trinajstić information content (AvgIpc) is 2.33. The predicted octanol–water partition coefficient (Wildman–Crippen LogP) is 4.77. The molecule has 90 valence electrons. The monoisotopic (exact) mass is 296 g/mol. The third kappa shape index (κ3) is 2.59. The molecule has 0 saturated carbocycles. The largest absolute Gasteiger partial charge is 0.250 e. The van der Waals surface area contributed by atoms with Gasteiger partial charge in [0.1, 0.15) is 0 Å². The summed E-state index contributed by atoms with van der Waals surface area (Å²) in [5, 5.41) is 10.2. The lowest BCUT2D eigenvalue weighted by Gasteiger charge is -2.08. The van der Waals surface area contributed by atoms with E-state index in [4.69, 9.17) is 40.1 Å². The smallest absolute Gasteiger partial charge is 0.0790 e. The van der Waals surface area contributed by atoms with Crippen molar-refractivity contribution in [1.29, 1.82) is 5.26 Å². The molecular weight excluding hydrogens is 291 g/mol. The zero-order valence-corrected chi connectivity index (χ0v) is 11.4. The summed E-state index contributed by atoms with van der Waals surface area (Å²) in [5.74, 6) is 0. The molecule has 18 heavy (non-hydrogen) atoms. The highest BCUT2D eigenvalue weighted by atomic mass is 35.5. The predicted molar refractivity (Wildman–Crippen MR) is 74.0 cm³/mol. The van der Waals surface area contributed by atoms with Gasteiger partial charge < -0.3 is 0 Å². The van der Waals surface area contributed by atoms with Gasteiger partial charge in [0.15, 0.2) is 0 Å². The van der Waals surface area contributed by atoms with Gasteiger partial charge in [0.2, 0.25) is 0 Å². The number of halogens is 3. The van der Waals surface area contributed by atoms with Gasteiger partial charge in [-0.1, -0.05) is 40.9 Å². The van der Waals surface area contributed by atoms with Crippen LogP contribution in [0.4, 0.5) is 0 Å². The Hall–Kier alpha value is -1.27. The first-order valence-electron chi connectivity index (χ1n) is 5.10. The van der Waals surface area contributed by atoms with E-state index in [1.165, 1.54) is 0 Å². The van der Waals surface area contributed by atoms with Crippen LogP contribution in [0.5, 0.6) is 0 Å². The highest BCUT2D eigenvalue weighted by Gasteiger charge is 2.11. The van der Waals surface area contributed by atoms with Crippen LogP contribution in [0.1, 0.15) is 5.69 Å². The second kappa shape index (κ2) is 5.58. The molecule has 0 amide bonds. The number of aromatic nitrogens is 1. The maximum absolute atomic E-state index is 8.71. The molecule has 2 aromatic rings. The molecule has 0 saturated heterocycles. The van der Waals surface area contributed by atoms with E-state index in [0.29, 0.717) is 32.0 Å².